The second kappa shape index (κ2) is 13.0. The molecular formula is C9H21N2OY-. The molecule has 3 nitrogen and oxygen atoms in total. The van der Waals surface area contributed by atoms with Gasteiger partial charge in [0.25, 0.3) is 0 Å². The molecule has 4 heteroatoms. The molecule has 77 valence electrons. The molecule has 0 aliphatic heterocycles. The number of hydrogen-bond donors (Lipinski definition) is 1. The zero-order chi connectivity index (χ0) is 9.23. The molecule has 0 rings (SSSR count). The third-order valence-corrected chi connectivity index (χ3v) is 1.40. The van der Waals surface area contributed by atoms with E-state index < -0.39 is 0 Å². The van der Waals surface area contributed by atoms with E-state index in [0.29, 0.717) is 6.10 Å². The number of hydrogen-bond acceptors (Lipinski definition) is 2. The van der Waals surface area contributed by atoms with E-state index in [1.54, 1.807) is 0 Å². The Balaban J connectivity index is 0. The average Bonchev–Trinajstić information content (AvgIpc) is 2.02. The molecule has 0 unspecified atom stereocenters. The fraction of sp³-hybridized carbons (Fsp3) is 1.00. The summed E-state index contributed by atoms with van der Waals surface area (Å²) < 4.78 is 5.36. The van der Waals surface area contributed by atoms with Gasteiger partial charge in [0, 0.05) is 39.3 Å². The molecule has 0 atom stereocenters. The predicted octanol–water partition coefficient (Wildman–Crippen LogP) is 1.39. The summed E-state index contributed by atoms with van der Waals surface area (Å²) in [6, 6.07) is 0. The molecule has 0 amide bonds. The van der Waals surface area contributed by atoms with Gasteiger partial charge < -0.3 is 15.4 Å². The van der Waals surface area contributed by atoms with Gasteiger partial charge in [-0.3, -0.25) is 0 Å². The van der Waals surface area contributed by atoms with Crippen LogP contribution < -0.4 is 5.32 Å². The van der Waals surface area contributed by atoms with Crippen LogP contribution in [0, 0.1) is 0 Å². The number of nitrogens with zero attached hydrogens (tertiary/aromatic N) is 1. The van der Waals surface area contributed by atoms with Crippen molar-refractivity contribution in [2.45, 2.75) is 26.9 Å². The first-order valence-corrected chi connectivity index (χ1v) is 4.73. The van der Waals surface area contributed by atoms with Gasteiger partial charge in [-0.15, -0.1) is 6.54 Å². The van der Waals surface area contributed by atoms with Gasteiger partial charge in [-0.25, -0.2) is 0 Å². The fourth-order valence-corrected chi connectivity index (χ4v) is 0.808. The normalized spacial score (nSPS) is 10.2. The zero-order valence-corrected chi connectivity index (χ0v) is 11.9. The molecule has 0 aromatic carbocycles. The van der Waals surface area contributed by atoms with E-state index in [1.807, 2.05) is 13.8 Å². The Morgan fingerprint density at radius 3 is 2.54 bits per heavy atom. The summed E-state index contributed by atoms with van der Waals surface area (Å²) >= 11 is 0. The minimum absolute atomic E-state index is 0. The molecule has 0 aliphatic rings. The number of nitrogens with one attached hydrogen (secondary N) is 1. The molecule has 0 heterocycles. The third-order valence-electron chi connectivity index (χ3n) is 1.40. The van der Waals surface area contributed by atoms with Gasteiger partial charge in [0.15, 0.2) is 0 Å². The molecule has 13 heavy (non-hydrogen) atoms. The Hall–Kier alpha value is 0.984. The van der Waals surface area contributed by atoms with Crippen LogP contribution >= 0.6 is 0 Å². The van der Waals surface area contributed by atoms with Gasteiger partial charge in [-0.05, 0) is 20.4 Å². The number of likely N-dealkylation sites (N-methyl/N-ethyl adjacent to an activating group) is 1. The fourth-order valence-electron chi connectivity index (χ4n) is 0.808. The maximum Gasteiger partial charge on any atom is 0.0594 e. The van der Waals surface area contributed by atoms with Crippen molar-refractivity contribution in [3.05, 3.63) is 5.32 Å². The van der Waals surface area contributed by atoms with Crippen molar-refractivity contribution in [2.75, 3.05) is 32.8 Å². The van der Waals surface area contributed by atoms with E-state index >= 15 is 0 Å². The van der Waals surface area contributed by atoms with Crippen LogP contribution in [0.15, 0.2) is 0 Å². The Morgan fingerprint density at radius 1 is 1.31 bits per heavy atom. The van der Waals surface area contributed by atoms with Gasteiger partial charge in [0.1, 0.15) is 0 Å². The molecule has 0 fully saturated rings. The van der Waals surface area contributed by atoms with Gasteiger partial charge in [0.2, 0.25) is 0 Å². The summed E-state index contributed by atoms with van der Waals surface area (Å²) in [4.78, 5) is 0. The summed E-state index contributed by atoms with van der Waals surface area (Å²) in [5, 5.41) is 7.46. The van der Waals surface area contributed by atoms with Crippen LogP contribution in [-0.4, -0.2) is 38.9 Å². The van der Waals surface area contributed by atoms with Crippen molar-refractivity contribution in [3.63, 3.8) is 0 Å². The van der Waals surface area contributed by atoms with E-state index in [4.69, 9.17) is 4.74 Å². The second-order valence-corrected chi connectivity index (χ2v) is 2.93. The maximum absolute atomic E-state index is 5.36. The van der Waals surface area contributed by atoms with Gasteiger partial charge in [0.05, 0.1) is 12.7 Å². The van der Waals surface area contributed by atoms with E-state index in [2.05, 4.69) is 17.6 Å². The molecule has 0 aromatic rings. The van der Waals surface area contributed by atoms with Crippen molar-refractivity contribution < 1.29 is 37.4 Å². The van der Waals surface area contributed by atoms with Crippen molar-refractivity contribution >= 4 is 0 Å². The van der Waals surface area contributed by atoms with Gasteiger partial charge in [-0.1, -0.05) is 6.92 Å². The molecule has 1 radical (unpaired) electrons. The Morgan fingerprint density at radius 2 is 2.00 bits per heavy atom. The van der Waals surface area contributed by atoms with Crippen molar-refractivity contribution in [3.8, 4) is 0 Å². The quantitative estimate of drug-likeness (QED) is 0.671. The van der Waals surface area contributed by atoms with Crippen LogP contribution in [0.5, 0.6) is 0 Å². The van der Waals surface area contributed by atoms with Crippen LogP contribution in [0.25, 0.3) is 5.32 Å². The first kappa shape index (κ1) is 16.4. The summed E-state index contributed by atoms with van der Waals surface area (Å²) in [5.74, 6) is 0. The molecule has 0 spiro atoms. The van der Waals surface area contributed by atoms with Crippen molar-refractivity contribution in [1.82, 2.24) is 5.32 Å². The Kier molecular flexibility index (Phi) is 16.4. The summed E-state index contributed by atoms with van der Waals surface area (Å²) in [6.07, 6.45) is 0.340. The van der Waals surface area contributed by atoms with Crippen molar-refractivity contribution in [2.24, 2.45) is 0 Å². The van der Waals surface area contributed by atoms with E-state index in [0.717, 1.165) is 32.8 Å². The topological polar surface area (TPSA) is 35.4 Å². The molecule has 0 aromatic heterocycles. The molecule has 0 saturated carbocycles. The van der Waals surface area contributed by atoms with E-state index in [9.17, 15) is 0 Å². The molecule has 0 bridgehead atoms. The molecular weight excluding hydrogens is 241 g/mol. The Bertz CT molecular complexity index is 91.7. The van der Waals surface area contributed by atoms with Gasteiger partial charge in [-0.2, -0.15) is 6.54 Å². The first-order chi connectivity index (χ1) is 5.77. The largest absolute Gasteiger partial charge is 0.661 e. The smallest absolute Gasteiger partial charge is 0.0594 e. The van der Waals surface area contributed by atoms with Crippen LogP contribution in [-0.2, 0) is 37.4 Å². The Labute approximate surface area is 107 Å². The van der Waals surface area contributed by atoms with Gasteiger partial charge >= 0.3 is 0 Å². The number of ether oxygens (including phenoxy) is 1. The summed E-state index contributed by atoms with van der Waals surface area (Å²) in [7, 11) is 0. The summed E-state index contributed by atoms with van der Waals surface area (Å²) in [6.45, 7) is 10.7. The van der Waals surface area contributed by atoms with Crippen molar-refractivity contribution in [1.29, 1.82) is 0 Å². The van der Waals surface area contributed by atoms with Crippen LogP contribution in [0.2, 0.25) is 0 Å². The monoisotopic (exact) mass is 262 g/mol. The predicted molar refractivity (Wildman–Crippen MR) is 52.7 cm³/mol. The number of rotatable bonds is 8. The standard InChI is InChI=1S/C9H21N2O.Y/c1-4-10-5-6-11-7-8-12-9(2)3;/h9,11H,4-8H2,1-3H3;/q-1;. The summed E-state index contributed by atoms with van der Waals surface area (Å²) in [5.41, 5.74) is 0. The molecule has 1 N–H and O–H groups in total. The minimum atomic E-state index is 0. The molecule has 0 aliphatic carbocycles. The zero-order valence-electron chi connectivity index (χ0n) is 9.05. The van der Waals surface area contributed by atoms with E-state index in [1.165, 1.54) is 0 Å². The second-order valence-electron chi connectivity index (χ2n) is 2.93. The van der Waals surface area contributed by atoms with Crippen LogP contribution in [0.4, 0.5) is 0 Å². The van der Waals surface area contributed by atoms with Crippen LogP contribution in [0.3, 0.4) is 0 Å². The maximum atomic E-state index is 5.36. The third kappa shape index (κ3) is 15.7. The van der Waals surface area contributed by atoms with E-state index in [-0.39, 0.29) is 32.7 Å². The van der Waals surface area contributed by atoms with Crippen LogP contribution in [0.1, 0.15) is 20.8 Å². The average molecular weight is 262 g/mol. The minimum Gasteiger partial charge on any atom is -0.661 e. The molecule has 0 saturated heterocycles. The SMILES string of the molecule is CC[N-]CCNCCOC(C)C.[Y]. The first-order valence-electron chi connectivity index (χ1n) is 4.73.